The number of hydrogen-bond donors (Lipinski definition) is 1. The van der Waals surface area contributed by atoms with Gasteiger partial charge in [0.15, 0.2) is 0 Å². The van der Waals surface area contributed by atoms with Crippen molar-refractivity contribution in [2.45, 2.75) is 19.3 Å². The highest BCUT2D eigenvalue weighted by Crippen LogP contribution is 2.26. The maximum Gasteiger partial charge on any atom is 0.116 e. The third-order valence-electron chi connectivity index (χ3n) is 3.53. The van der Waals surface area contributed by atoms with Crippen LogP contribution in [0.4, 0.5) is 5.69 Å². The van der Waals surface area contributed by atoms with Crippen molar-refractivity contribution in [2.75, 3.05) is 18.0 Å². The normalized spacial score (nSPS) is 16.4. The van der Waals surface area contributed by atoms with E-state index < -0.39 is 0 Å². The Hall–Kier alpha value is -1.70. The molecule has 0 aromatic heterocycles. The van der Waals surface area contributed by atoms with Crippen LogP contribution in [0.3, 0.4) is 0 Å². The fourth-order valence-corrected chi connectivity index (χ4v) is 2.57. The summed E-state index contributed by atoms with van der Waals surface area (Å²) in [7, 11) is 0. The van der Waals surface area contributed by atoms with Gasteiger partial charge in [-0.3, -0.25) is 0 Å². The summed E-state index contributed by atoms with van der Waals surface area (Å²) in [6, 6.07) is 12.0. The fraction of sp³-hybridized carbons (Fsp3) is 0.333. The number of piperidine rings is 1. The summed E-state index contributed by atoms with van der Waals surface area (Å²) < 4.78 is 0. The Morgan fingerprint density at radius 3 is 2.35 bits per heavy atom. The third kappa shape index (κ3) is 2.07. The number of phenolic OH excluding ortho intramolecular Hbond substituents is 1. The average Bonchev–Trinajstić information content (AvgIpc) is 2.39. The Kier molecular flexibility index (Phi) is 2.63. The topological polar surface area (TPSA) is 23.5 Å². The summed E-state index contributed by atoms with van der Waals surface area (Å²) in [6.45, 7) is 2.34. The SMILES string of the molecule is Oc1ccc2cc(N3CCCCC3)ccc2c1. The van der Waals surface area contributed by atoms with Crippen molar-refractivity contribution in [3.63, 3.8) is 0 Å². The number of hydrogen-bond acceptors (Lipinski definition) is 2. The molecule has 1 N–H and O–H groups in total. The van der Waals surface area contributed by atoms with Crippen LogP contribution in [0.15, 0.2) is 36.4 Å². The second kappa shape index (κ2) is 4.28. The molecule has 0 spiro atoms. The molecule has 0 bridgehead atoms. The van der Waals surface area contributed by atoms with Crippen molar-refractivity contribution in [1.82, 2.24) is 0 Å². The minimum atomic E-state index is 0.336. The molecule has 2 aromatic rings. The van der Waals surface area contributed by atoms with Gasteiger partial charge in [-0.15, -0.1) is 0 Å². The van der Waals surface area contributed by atoms with E-state index in [-0.39, 0.29) is 0 Å². The van der Waals surface area contributed by atoms with E-state index in [4.69, 9.17) is 0 Å². The smallest absolute Gasteiger partial charge is 0.116 e. The molecule has 2 nitrogen and oxygen atoms in total. The molecule has 2 aromatic carbocycles. The van der Waals surface area contributed by atoms with Gasteiger partial charge in [-0.2, -0.15) is 0 Å². The summed E-state index contributed by atoms with van der Waals surface area (Å²) in [5.41, 5.74) is 1.31. The van der Waals surface area contributed by atoms with Gasteiger partial charge in [0.05, 0.1) is 0 Å². The molecular weight excluding hydrogens is 210 g/mol. The minimum absolute atomic E-state index is 0.336. The summed E-state index contributed by atoms with van der Waals surface area (Å²) >= 11 is 0. The number of benzene rings is 2. The van der Waals surface area contributed by atoms with Crippen molar-refractivity contribution >= 4 is 16.5 Å². The Balaban J connectivity index is 1.98. The molecule has 1 fully saturated rings. The Morgan fingerprint density at radius 1 is 0.824 bits per heavy atom. The molecule has 0 radical (unpaired) electrons. The van der Waals surface area contributed by atoms with Crippen LogP contribution in [-0.4, -0.2) is 18.2 Å². The van der Waals surface area contributed by atoms with Crippen LogP contribution in [0.1, 0.15) is 19.3 Å². The standard InChI is InChI=1S/C15H17NO/c17-15-7-5-12-10-14(6-4-13(12)11-15)16-8-2-1-3-9-16/h4-7,10-11,17H,1-3,8-9H2. The van der Waals surface area contributed by atoms with Crippen molar-refractivity contribution in [3.05, 3.63) is 36.4 Å². The first-order valence-electron chi connectivity index (χ1n) is 6.31. The van der Waals surface area contributed by atoms with Crippen LogP contribution in [-0.2, 0) is 0 Å². The Labute approximate surface area is 101 Å². The van der Waals surface area contributed by atoms with Gasteiger partial charge in [0, 0.05) is 18.8 Å². The highest BCUT2D eigenvalue weighted by Gasteiger charge is 2.10. The molecule has 3 rings (SSSR count). The molecule has 1 saturated heterocycles. The predicted molar refractivity (Wildman–Crippen MR) is 71.7 cm³/mol. The largest absolute Gasteiger partial charge is 0.508 e. The molecule has 17 heavy (non-hydrogen) atoms. The molecule has 0 unspecified atom stereocenters. The van der Waals surface area contributed by atoms with Crippen molar-refractivity contribution in [3.8, 4) is 5.75 Å². The van der Waals surface area contributed by atoms with E-state index in [9.17, 15) is 5.11 Å². The van der Waals surface area contributed by atoms with E-state index in [2.05, 4.69) is 23.1 Å². The predicted octanol–water partition coefficient (Wildman–Crippen LogP) is 3.54. The van der Waals surface area contributed by atoms with Crippen molar-refractivity contribution < 1.29 is 5.11 Å². The zero-order valence-electron chi connectivity index (χ0n) is 9.89. The minimum Gasteiger partial charge on any atom is -0.508 e. The zero-order chi connectivity index (χ0) is 11.7. The highest BCUT2D eigenvalue weighted by molar-refractivity contribution is 5.87. The van der Waals surface area contributed by atoms with Gasteiger partial charge < -0.3 is 10.0 Å². The van der Waals surface area contributed by atoms with Gasteiger partial charge in [-0.1, -0.05) is 12.1 Å². The lowest BCUT2D eigenvalue weighted by Crippen LogP contribution is -2.29. The summed E-state index contributed by atoms with van der Waals surface area (Å²) in [6.07, 6.45) is 3.96. The van der Waals surface area contributed by atoms with Gasteiger partial charge in [0.2, 0.25) is 0 Å². The first-order valence-corrected chi connectivity index (χ1v) is 6.31. The van der Waals surface area contributed by atoms with E-state index in [1.165, 1.54) is 43.4 Å². The van der Waals surface area contributed by atoms with Crippen LogP contribution in [0, 0.1) is 0 Å². The molecule has 0 aliphatic carbocycles. The van der Waals surface area contributed by atoms with Gasteiger partial charge >= 0.3 is 0 Å². The fourth-order valence-electron chi connectivity index (χ4n) is 2.57. The Bertz CT molecular complexity index is 529. The average molecular weight is 227 g/mol. The van der Waals surface area contributed by atoms with Gasteiger partial charge in [-0.25, -0.2) is 0 Å². The second-order valence-corrected chi connectivity index (χ2v) is 4.76. The molecule has 1 heterocycles. The molecule has 0 amide bonds. The number of fused-ring (bicyclic) bond motifs is 1. The molecular formula is C15H17NO. The maximum atomic E-state index is 9.44. The summed E-state index contributed by atoms with van der Waals surface area (Å²) in [4.78, 5) is 2.45. The van der Waals surface area contributed by atoms with E-state index in [0.717, 1.165) is 5.39 Å². The number of rotatable bonds is 1. The van der Waals surface area contributed by atoms with Crippen molar-refractivity contribution in [1.29, 1.82) is 0 Å². The monoisotopic (exact) mass is 227 g/mol. The lowest BCUT2D eigenvalue weighted by molar-refractivity contribution is 0.476. The lowest BCUT2D eigenvalue weighted by atomic mass is 10.1. The lowest BCUT2D eigenvalue weighted by Gasteiger charge is -2.29. The molecule has 2 heteroatoms. The molecule has 1 aliphatic heterocycles. The van der Waals surface area contributed by atoms with E-state index >= 15 is 0 Å². The number of phenols is 1. The quantitative estimate of drug-likeness (QED) is 0.805. The van der Waals surface area contributed by atoms with Crippen molar-refractivity contribution in [2.24, 2.45) is 0 Å². The third-order valence-corrected chi connectivity index (χ3v) is 3.53. The van der Waals surface area contributed by atoms with Crippen LogP contribution in [0.5, 0.6) is 5.75 Å². The molecule has 0 saturated carbocycles. The molecule has 0 atom stereocenters. The van der Waals surface area contributed by atoms with Gasteiger partial charge in [-0.05, 0) is 54.3 Å². The summed E-state index contributed by atoms with van der Waals surface area (Å²) in [5.74, 6) is 0.336. The van der Waals surface area contributed by atoms with Crippen LogP contribution in [0.2, 0.25) is 0 Å². The zero-order valence-corrected chi connectivity index (χ0v) is 9.89. The molecule has 88 valence electrons. The Morgan fingerprint density at radius 2 is 1.53 bits per heavy atom. The first kappa shape index (κ1) is 10.5. The van der Waals surface area contributed by atoms with Gasteiger partial charge in [0.1, 0.15) is 5.75 Å². The number of aromatic hydroxyl groups is 1. The number of anilines is 1. The summed E-state index contributed by atoms with van der Waals surface area (Å²) in [5, 5.41) is 11.7. The first-order chi connectivity index (χ1) is 8.33. The van der Waals surface area contributed by atoms with Gasteiger partial charge in [0.25, 0.3) is 0 Å². The van der Waals surface area contributed by atoms with Crippen LogP contribution < -0.4 is 4.90 Å². The van der Waals surface area contributed by atoms with E-state index in [1.54, 1.807) is 6.07 Å². The van der Waals surface area contributed by atoms with E-state index in [0.29, 0.717) is 5.75 Å². The van der Waals surface area contributed by atoms with Crippen LogP contribution in [0.25, 0.3) is 10.8 Å². The highest BCUT2D eigenvalue weighted by atomic mass is 16.3. The second-order valence-electron chi connectivity index (χ2n) is 4.76. The number of nitrogens with zero attached hydrogens (tertiary/aromatic N) is 1. The van der Waals surface area contributed by atoms with E-state index in [1.807, 2.05) is 12.1 Å². The maximum absolute atomic E-state index is 9.44. The van der Waals surface area contributed by atoms with Crippen LogP contribution >= 0.6 is 0 Å². The molecule has 1 aliphatic rings.